The summed E-state index contributed by atoms with van der Waals surface area (Å²) in [6, 6.07) is 4.52. The van der Waals surface area contributed by atoms with Crippen molar-refractivity contribution in [2.45, 2.75) is 6.54 Å². The van der Waals surface area contributed by atoms with Gasteiger partial charge in [0.15, 0.2) is 0 Å². The van der Waals surface area contributed by atoms with Crippen LogP contribution >= 0.6 is 0 Å². The van der Waals surface area contributed by atoms with Crippen molar-refractivity contribution >= 4 is 5.69 Å². The molecule has 0 aliphatic carbocycles. The first-order chi connectivity index (χ1) is 8.31. The Morgan fingerprint density at radius 2 is 2.18 bits per heavy atom. The summed E-state index contributed by atoms with van der Waals surface area (Å²) in [5, 5.41) is 3.53. The fourth-order valence-electron chi connectivity index (χ4n) is 1.88. The van der Waals surface area contributed by atoms with E-state index in [1.165, 1.54) is 12.1 Å². The van der Waals surface area contributed by atoms with Crippen LogP contribution in [0.3, 0.4) is 0 Å². The third-order valence-corrected chi connectivity index (χ3v) is 2.70. The van der Waals surface area contributed by atoms with Gasteiger partial charge < -0.3 is 9.64 Å². The maximum absolute atomic E-state index is 13.3. The van der Waals surface area contributed by atoms with Gasteiger partial charge in [-0.3, -0.25) is 0 Å². The smallest absolute Gasteiger partial charge is 0.125 e. The van der Waals surface area contributed by atoms with E-state index in [1.807, 2.05) is 0 Å². The molecule has 1 heterocycles. The number of nitrogens with zero attached hydrogens (tertiary/aromatic N) is 4. The van der Waals surface area contributed by atoms with Gasteiger partial charge in [0, 0.05) is 23.7 Å². The molecule has 90 valence electrons. The summed E-state index contributed by atoms with van der Waals surface area (Å²) < 4.78 is 18.5. The third-order valence-electron chi connectivity index (χ3n) is 2.70. The van der Waals surface area contributed by atoms with Gasteiger partial charge in [0.05, 0.1) is 19.8 Å². The van der Waals surface area contributed by atoms with E-state index in [4.69, 9.17) is 10.3 Å². The van der Waals surface area contributed by atoms with Gasteiger partial charge >= 0.3 is 0 Å². The highest BCUT2D eigenvalue weighted by atomic mass is 19.1. The van der Waals surface area contributed by atoms with Gasteiger partial charge in [-0.05, 0) is 23.2 Å². The molecule has 2 rings (SSSR count). The molecule has 1 aliphatic rings. The van der Waals surface area contributed by atoms with Crippen LogP contribution in [0.1, 0.15) is 5.56 Å². The van der Waals surface area contributed by atoms with Crippen LogP contribution in [-0.4, -0.2) is 26.3 Å². The number of halogens is 1. The molecule has 0 amide bonds. The molecular weight excluding hydrogens is 223 g/mol. The molecule has 0 bridgehead atoms. The van der Waals surface area contributed by atoms with Crippen molar-refractivity contribution in [3.63, 3.8) is 0 Å². The van der Waals surface area contributed by atoms with Crippen molar-refractivity contribution in [3.8, 4) is 0 Å². The van der Waals surface area contributed by atoms with E-state index in [2.05, 4.69) is 14.9 Å². The highest BCUT2D eigenvalue weighted by molar-refractivity contribution is 5.54. The van der Waals surface area contributed by atoms with Crippen molar-refractivity contribution in [3.05, 3.63) is 40.0 Å². The number of benzene rings is 1. The molecule has 0 N–H and O–H groups in total. The SMILES string of the molecule is [N-]=[N+]=NCc1ccc(F)cc1N1CCOCC1. The molecule has 0 spiro atoms. The molecule has 17 heavy (non-hydrogen) atoms. The van der Waals surface area contributed by atoms with Crippen LogP contribution in [0.4, 0.5) is 10.1 Å². The van der Waals surface area contributed by atoms with E-state index in [0.29, 0.717) is 13.2 Å². The summed E-state index contributed by atoms with van der Waals surface area (Å²) in [5.74, 6) is -0.281. The number of hydrogen-bond acceptors (Lipinski definition) is 3. The van der Waals surface area contributed by atoms with Gasteiger partial charge in [-0.2, -0.15) is 0 Å². The largest absolute Gasteiger partial charge is 0.378 e. The second-order valence-electron chi connectivity index (χ2n) is 3.76. The number of morpholine rings is 1. The summed E-state index contributed by atoms with van der Waals surface area (Å²) >= 11 is 0. The van der Waals surface area contributed by atoms with Gasteiger partial charge in [-0.25, -0.2) is 4.39 Å². The molecule has 5 nitrogen and oxygen atoms in total. The van der Waals surface area contributed by atoms with Gasteiger partial charge in [0.25, 0.3) is 0 Å². The number of anilines is 1. The van der Waals surface area contributed by atoms with E-state index in [0.717, 1.165) is 24.3 Å². The van der Waals surface area contributed by atoms with E-state index in [-0.39, 0.29) is 12.4 Å². The molecule has 0 unspecified atom stereocenters. The second kappa shape index (κ2) is 5.52. The minimum absolute atomic E-state index is 0.240. The average Bonchev–Trinajstić information content (AvgIpc) is 2.38. The number of rotatable bonds is 3. The standard InChI is InChI=1S/C11H13FN4O/c12-10-2-1-9(8-14-15-13)11(7-10)16-3-5-17-6-4-16/h1-2,7H,3-6,8H2. The first-order valence-corrected chi connectivity index (χ1v) is 5.43. The Hall–Kier alpha value is -1.78. The lowest BCUT2D eigenvalue weighted by molar-refractivity contribution is 0.122. The topological polar surface area (TPSA) is 61.2 Å². The summed E-state index contributed by atoms with van der Waals surface area (Å²) in [6.45, 7) is 2.97. The van der Waals surface area contributed by atoms with Crippen LogP contribution in [0.5, 0.6) is 0 Å². The van der Waals surface area contributed by atoms with Crippen molar-refractivity contribution in [2.24, 2.45) is 5.11 Å². The monoisotopic (exact) mass is 236 g/mol. The number of azide groups is 1. The van der Waals surface area contributed by atoms with Crippen LogP contribution in [0.15, 0.2) is 23.3 Å². The zero-order valence-electron chi connectivity index (χ0n) is 9.34. The van der Waals surface area contributed by atoms with Crippen molar-refractivity contribution < 1.29 is 9.13 Å². The number of hydrogen-bond donors (Lipinski definition) is 0. The van der Waals surface area contributed by atoms with E-state index in [1.54, 1.807) is 6.07 Å². The lowest BCUT2D eigenvalue weighted by Gasteiger charge is -2.30. The minimum atomic E-state index is -0.281. The molecule has 1 saturated heterocycles. The molecule has 6 heteroatoms. The fourth-order valence-corrected chi connectivity index (χ4v) is 1.88. The molecule has 0 saturated carbocycles. The van der Waals surface area contributed by atoms with Gasteiger partial charge in [-0.15, -0.1) is 0 Å². The second-order valence-corrected chi connectivity index (χ2v) is 3.76. The Morgan fingerprint density at radius 1 is 1.41 bits per heavy atom. The normalized spacial score (nSPS) is 15.5. The molecule has 0 aromatic heterocycles. The van der Waals surface area contributed by atoms with Crippen molar-refractivity contribution in [1.29, 1.82) is 0 Å². The van der Waals surface area contributed by atoms with Crippen LogP contribution in [0.2, 0.25) is 0 Å². The summed E-state index contributed by atoms with van der Waals surface area (Å²) in [4.78, 5) is 4.78. The van der Waals surface area contributed by atoms with Crippen LogP contribution in [0.25, 0.3) is 10.4 Å². The predicted octanol–water partition coefficient (Wildman–Crippen LogP) is 2.47. The Labute approximate surface area is 98.4 Å². The van der Waals surface area contributed by atoms with Crippen LogP contribution in [0, 0.1) is 5.82 Å². The highest BCUT2D eigenvalue weighted by Gasteiger charge is 2.15. The fraction of sp³-hybridized carbons (Fsp3) is 0.455. The van der Waals surface area contributed by atoms with Gasteiger partial charge in [0.2, 0.25) is 0 Å². The molecule has 1 aromatic carbocycles. The Bertz CT molecular complexity index is 439. The Balaban J connectivity index is 2.27. The molecule has 1 aromatic rings. The Kier molecular flexibility index (Phi) is 3.80. The maximum Gasteiger partial charge on any atom is 0.125 e. The Morgan fingerprint density at radius 3 is 2.88 bits per heavy atom. The van der Waals surface area contributed by atoms with Gasteiger partial charge in [0.1, 0.15) is 5.82 Å². The van der Waals surface area contributed by atoms with E-state index < -0.39 is 0 Å². The minimum Gasteiger partial charge on any atom is -0.378 e. The first kappa shape index (κ1) is 11.7. The lowest BCUT2D eigenvalue weighted by atomic mass is 10.1. The highest BCUT2D eigenvalue weighted by Crippen LogP contribution is 2.23. The summed E-state index contributed by atoms with van der Waals surface area (Å²) in [7, 11) is 0. The van der Waals surface area contributed by atoms with E-state index in [9.17, 15) is 4.39 Å². The number of ether oxygens (including phenoxy) is 1. The molecule has 1 fully saturated rings. The van der Waals surface area contributed by atoms with Crippen LogP contribution in [-0.2, 0) is 11.3 Å². The van der Waals surface area contributed by atoms with Crippen molar-refractivity contribution in [1.82, 2.24) is 0 Å². The third kappa shape index (κ3) is 2.87. The molecule has 0 atom stereocenters. The van der Waals surface area contributed by atoms with Crippen molar-refractivity contribution in [2.75, 3.05) is 31.2 Å². The van der Waals surface area contributed by atoms with E-state index >= 15 is 0 Å². The van der Waals surface area contributed by atoms with Crippen LogP contribution < -0.4 is 4.90 Å². The quantitative estimate of drug-likeness (QED) is 0.460. The molecular formula is C11H13FN4O. The summed E-state index contributed by atoms with van der Waals surface area (Å²) in [5.41, 5.74) is 9.97. The van der Waals surface area contributed by atoms with Gasteiger partial charge in [-0.1, -0.05) is 11.2 Å². The molecule has 0 radical (unpaired) electrons. The average molecular weight is 236 g/mol. The zero-order valence-corrected chi connectivity index (χ0v) is 9.34. The molecule has 1 aliphatic heterocycles. The summed E-state index contributed by atoms with van der Waals surface area (Å²) in [6.07, 6.45) is 0. The first-order valence-electron chi connectivity index (χ1n) is 5.43. The zero-order chi connectivity index (χ0) is 12.1. The predicted molar refractivity (Wildman–Crippen MR) is 62.3 cm³/mol. The maximum atomic E-state index is 13.3. The lowest BCUT2D eigenvalue weighted by Crippen LogP contribution is -2.36.